The van der Waals surface area contributed by atoms with Gasteiger partial charge in [-0.2, -0.15) is 0 Å². The number of benzene rings is 2. The standard InChI is InChI=1S/C39H51N3O12/c1-3-20-52-39-35(41(16-21-51-22-19-45)38(47)53-29-13-10-27(11-14-29)42(48)49)25-33(40-50-2)31-23-26(8-4-6-17-43)30(9-5-7-18-44)36(37(31)39)32-24-28(46)12-15-34(32)54-39/h3,10-15,23-24,26,30,35-37,43-46H,1,4-9,16-22,25H2,2H3. The normalized spacial score (nSPS) is 24.8. The van der Waals surface area contributed by atoms with Crippen molar-refractivity contribution in [3.8, 4) is 17.2 Å². The monoisotopic (exact) mass is 753 g/mol. The summed E-state index contributed by atoms with van der Waals surface area (Å²) in [4.78, 5) is 32.0. The maximum absolute atomic E-state index is 14.4. The van der Waals surface area contributed by atoms with E-state index in [9.17, 15) is 35.3 Å². The number of aliphatic hydroxyl groups excluding tert-OH is 3. The van der Waals surface area contributed by atoms with Gasteiger partial charge >= 0.3 is 6.09 Å². The van der Waals surface area contributed by atoms with Crippen molar-refractivity contribution in [3.05, 3.63) is 82.4 Å². The van der Waals surface area contributed by atoms with E-state index in [0.717, 1.165) is 36.8 Å². The first-order chi connectivity index (χ1) is 26.2. The molecule has 0 saturated heterocycles. The summed E-state index contributed by atoms with van der Waals surface area (Å²) >= 11 is 0. The minimum Gasteiger partial charge on any atom is -0.508 e. The third-order valence-electron chi connectivity index (χ3n) is 10.4. The first-order valence-corrected chi connectivity index (χ1v) is 18.4. The van der Waals surface area contributed by atoms with Crippen LogP contribution in [-0.2, 0) is 14.3 Å². The highest BCUT2D eigenvalue weighted by Gasteiger charge is 2.65. The lowest BCUT2D eigenvalue weighted by molar-refractivity contribution is -0.384. The van der Waals surface area contributed by atoms with Crippen LogP contribution in [-0.4, -0.2) is 107 Å². The van der Waals surface area contributed by atoms with Crippen LogP contribution < -0.4 is 9.47 Å². The summed E-state index contributed by atoms with van der Waals surface area (Å²) in [7, 11) is 1.45. The maximum Gasteiger partial charge on any atom is 0.415 e. The Kier molecular flexibility index (Phi) is 14.4. The number of phenols is 1. The van der Waals surface area contributed by atoms with Crippen LogP contribution in [0, 0.1) is 27.9 Å². The third-order valence-corrected chi connectivity index (χ3v) is 10.4. The van der Waals surface area contributed by atoms with Gasteiger partial charge in [0, 0.05) is 49.8 Å². The minimum absolute atomic E-state index is 0.0126. The van der Waals surface area contributed by atoms with Crippen molar-refractivity contribution >= 4 is 17.5 Å². The van der Waals surface area contributed by atoms with Crippen LogP contribution >= 0.6 is 0 Å². The van der Waals surface area contributed by atoms with Crippen LogP contribution in [0.2, 0.25) is 0 Å². The number of nitrogens with zero attached hydrogens (tertiary/aromatic N) is 3. The van der Waals surface area contributed by atoms with Crippen LogP contribution in [0.1, 0.15) is 56.4 Å². The van der Waals surface area contributed by atoms with Crippen LogP contribution in [0.3, 0.4) is 0 Å². The predicted molar refractivity (Wildman–Crippen MR) is 197 cm³/mol. The number of nitro groups is 1. The van der Waals surface area contributed by atoms with E-state index in [-0.39, 0.29) is 87.5 Å². The molecule has 5 rings (SSSR count). The molecule has 1 saturated carbocycles. The lowest BCUT2D eigenvalue weighted by Crippen LogP contribution is -2.70. The molecule has 6 atom stereocenters. The van der Waals surface area contributed by atoms with E-state index in [1.807, 2.05) is 0 Å². The van der Waals surface area contributed by atoms with Gasteiger partial charge in [-0.3, -0.25) is 15.0 Å². The molecule has 2 aromatic rings. The van der Waals surface area contributed by atoms with Gasteiger partial charge in [0.1, 0.15) is 30.4 Å². The van der Waals surface area contributed by atoms with E-state index in [1.54, 1.807) is 24.3 Å². The number of rotatable bonds is 20. The Morgan fingerprint density at radius 1 is 1.07 bits per heavy atom. The average molecular weight is 754 g/mol. The lowest BCUT2D eigenvalue weighted by Gasteiger charge is -2.59. The van der Waals surface area contributed by atoms with Crippen LogP contribution in [0.25, 0.3) is 0 Å². The Morgan fingerprint density at radius 2 is 1.81 bits per heavy atom. The smallest absolute Gasteiger partial charge is 0.415 e. The third kappa shape index (κ3) is 8.87. The first kappa shape index (κ1) is 40.6. The summed E-state index contributed by atoms with van der Waals surface area (Å²) in [5.41, 5.74) is 1.99. The summed E-state index contributed by atoms with van der Waals surface area (Å²) in [6, 6.07) is 9.18. The fraction of sp³-hybridized carbons (Fsp3) is 0.538. The Hall–Kier alpha value is -4.54. The van der Waals surface area contributed by atoms with E-state index in [1.165, 1.54) is 36.3 Å². The van der Waals surface area contributed by atoms with Gasteiger partial charge in [-0.05, 0) is 73.4 Å². The number of carbonyl (C=O) groups excluding carboxylic acids is 1. The van der Waals surface area contributed by atoms with E-state index in [4.69, 9.17) is 23.8 Å². The quantitative estimate of drug-likeness (QED) is 0.0606. The topological polar surface area (TPSA) is 203 Å². The fourth-order valence-corrected chi connectivity index (χ4v) is 8.27. The second-order valence-electron chi connectivity index (χ2n) is 13.6. The molecule has 1 fully saturated rings. The van der Waals surface area contributed by atoms with Gasteiger partial charge in [0.05, 0.1) is 43.0 Å². The molecule has 0 aromatic heterocycles. The summed E-state index contributed by atoms with van der Waals surface area (Å²) < 4.78 is 25.3. The number of aromatic hydroxyl groups is 1. The molecule has 15 nitrogen and oxygen atoms in total. The summed E-state index contributed by atoms with van der Waals surface area (Å²) in [5.74, 6) is -1.90. The van der Waals surface area contributed by atoms with Crippen molar-refractivity contribution in [1.82, 2.24) is 4.90 Å². The molecule has 4 N–H and O–H groups in total. The number of ether oxygens (including phenoxy) is 4. The number of allylic oxidation sites excluding steroid dienone is 1. The highest BCUT2D eigenvalue weighted by Crippen LogP contribution is 2.61. The first-order valence-electron chi connectivity index (χ1n) is 18.4. The van der Waals surface area contributed by atoms with Gasteiger partial charge < -0.3 is 44.2 Å². The van der Waals surface area contributed by atoms with E-state index in [2.05, 4.69) is 17.8 Å². The number of hydrogen-bond acceptors (Lipinski definition) is 13. The number of non-ortho nitro benzene ring substituents is 1. The Balaban J connectivity index is 1.70. The Morgan fingerprint density at radius 3 is 2.48 bits per heavy atom. The summed E-state index contributed by atoms with van der Waals surface area (Å²) in [6.07, 6.45) is 7.33. The molecule has 6 unspecified atom stereocenters. The van der Waals surface area contributed by atoms with Gasteiger partial charge in [-0.1, -0.05) is 30.1 Å². The number of aliphatic hydroxyl groups is 3. The number of hydrogen-bond donors (Lipinski definition) is 4. The van der Waals surface area contributed by atoms with Crippen molar-refractivity contribution in [2.75, 3.05) is 53.3 Å². The van der Waals surface area contributed by atoms with Crippen molar-refractivity contribution in [3.63, 3.8) is 0 Å². The number of nitro benzene ring substituents is 1. The molecule has 2 aromatic carbocycles. The molecule has 0 radical (unpaired) electrons. The largest absolute Gasteiger partial charge is 0.508 e. The molecular formula is C39H51N3O12. The SMILES string of the molecule is C=CCOC12Oc3ccc(O)cc3C3C(CCCCO)C(CCCCO)C=C(C(=NOC)CC1N(CCOCCO)C(=O)Oc1ccc([N+](=O)[O-])cc1)C32. The molecule has 0 spiro atoms. The zero-order chi connectivity index (χ0) is 38.7. The van der Waals surface area contributed by atoms with Crippen molar-refractivity contribution in [1.29, 1.82) is 0 Å². The number of amides is 1. The van der Waals surface area contributed by atoms with Crippen molar-refractivity contribution < 1.29 is 53.9 Å². The van der Waals surface area contributed by atoms with E-state index >= 15 is 0 Å². The fourth-order valence-electron chi connectivity index (χ4n) is 8.27. The molecule has 1 amide bonds. The molecule has 1 aliphatic heterocycles. The summed E-state index contributed by atoms with van der Waals surface area (Å²) in [5, 5.41) is 55.5. The molecule has 0 bridgehead atoms. The molecular weight excluding hydrogens is 702 g/mol. The number of unbranched alkanes of at least 4 members (excludes halogenated alkanes) is 2. The molecule has 54 heavy (non-hydrogen) atoms. The maximum atomic E-state index is 14.4. The zero-order valence-electron chi connectivity index (χ0n) is 30.6. The molecule has 2 aliphatic carbocycles. The molecule has 1 heterocycles. The highest BCUT2D eigenvalue weighted by molar-refractivity contribution is 6.03. The predicted octanol–water partition coefficient (Wildman–Crippen LogP) is 5.07. The second kappa shape index (κ2) is 19.2. The molecule has 294 valence electrons. The number of carbonyl (C=O) groups is 1. The highest BCUT2D eigenvalue weighted by atomic mass is 16.7. The van der Waals surface area contributed by atoms with Crippen LogP contribution in [0.4, 0.5) is 10.5 Å². The van der Waals surface area contributed by atoms with Gasteiger partial charge in [-0.15, -0.1) is 6.58 Å². The Labute approximate surface area is 314 Å². The second-order valence-corrected chi connectivity index (χ2v) is 13.6. The summed E-state index contributed by atoms with van der Waals surface area (Å²) in [6.45, 7) is 3.85. The van der Waals surface area contributed by atoms with E-state index < -0.39 is 28.8 Å². The van der Waals surface area contributed by atoms with Crippen molar-refractivity contribution in [2.45, 2.75) is 62.7 Å². The number of fused-ring (bicyclic) bond motifs is 2. The van der Waals surface area contributed by atoms with Gasteiger partial charge in [0.15, 0.2) is 0 Å². The van der Waals surface area contributed by atoms with Gasteiger partial charge in [-0.25, -0.2) is 4.79 Å². The minimum atomic E-state index is -1.57. The van der Waals surface area contributed by atoms with E-state index in [0.29, 0.717) is 24.3 Å². The molecule has 15 heteroatoms. The number of phenolic OH excluding ortho intramolecular Hbond substituents is 1. The van der Waals surface area contributed by atoms with Gasteiger partial charge in [0.2, 0.25) is 5.79 Å². The number of oxime groups is 1. The van der Waals surface area contributed by atoms with Gasteiger partial charge in [0.25, 0.3) is 5.69 Å². The Bertz CT molecular complexity index is 1650. The average Bonchev–Trinajstić information content (AvgIpc) is 3.16. The van der Waals surface area contributed by atoms with Crippen LogP contribution in [0.15, 0.2) is 71.9 Å². The lowest BCUT2D eigenvalue weighted by atomic mass is 9.55. The zero-order valence-corrected chi connectivity index (χ0v) is 30.6. The van der Waals surface area contributed by atoms with Crippen LogP contribution in [0.5, 0.6) is 17.2 Å². The molecule has 3 aliphatic rings. The van der Waals surface area contributed by atoms with Crippen molar-refractivity contribution in [2.24, 2.45) is 22.9 Å².